The number of anilines is 1. The summed E-state index contributed by atoms with van der Waals surface area (Å²) in [6.45, 7) is 2.93. The van der Waals surface area contributed by atoms with Crippen molar-refractivity contribution < 1.29 is 4.74 Å². The maximum absolute atomic E-state index is 6.15. The Balaban J connectivity index is 2.22. The number of likely N-dealkylation sites (N-methyl/N-ethyl adjacent to an activating group) is 1. The SMILES string of the molecule is COc1cc(C)c(N(C)CC2(N)CC2)cc1Cl. The fourth-order valence-corrected chi connectivity index (χ4v) is 2.32. The minimum atomic E-state index is 0.00753. The van der Waals surface area contributed by atoms with Crippen LogP contribution in [0.1, 0.15) is 18.4 Å². The van der Waals surface area contributed by atoms with Crippen LogP contribution in [0, 0.1) is 6.92 Å². The molecule has 0 radical (unpaired) electrons. The monoisotopic (exact) mass is 254 g/mol. The smallest absolute Gasteiger partial charge is 0.137 e. The summed E-state index contributed by atoms with van der Waals surface area (Å²) in [6, 6.07) is 3.91. The first-order valence-electron chi connectivity index (χ1n) is 5.79. The predicted octanol–water partition coefficient (Wildman–Crippen LogP) is 2.58. The van der Waals surface area contributed by atoms with Gasteiger partial charge < -0.3 is 15.4 Å². The third kappa shape index (κ3) is 2.67. The maximum Gasteiger partial charge on any atom is 0.137 e. The molecular formula is C13H19ClN2O. The number of aryl methyl sites for hydroxylation is 1. The number of rotatable bonds is 4. The van der Waals surface area contributed by atoms with Gasteiger partial charge in [-0.05, 0) is 37.5 Å². The molecule has 0 unspecified atom stereocenters. The van der Waals surface area contributed by atoms with Crippen LogP contribution in [0.5, 0.6) is 5.75 Å². The van der Waals surface area contributed by atoms with Crippen LogP contribution < -0.4 is 15.4 Å². The predicted molar refractivity (Wildman–Crippen MR) is 72.2 cm³/mol. The third-order valence-corrected chi connectivity index (χ3v) is 3.62. The van der Waals surface area contributed by atoms with Crippen molar-refractivity contribution in [2.45, 2.75) is 25.3 Å². The Labute approximate surface area is 107 Å². The van der Waals surface area contributed by atoms with Crippen LogP contribution in [-0.4, -0.2) is 26.2 Å². The number of benzene rings is 1. The molecule has 1 fully saturated rings. The molecule has 0 aromatic heterocycles. The summed E-state index contributed by atoms with van der Waals surface area (Å²) in [5.74, 6) is 0.718. The summed E-state index contributed by atoms with van der Waals surface area (Å²) in [5.41, 5.74) is 8.41. The fraction of sp³-hybridized carbons (Fsp3) is 0.538. The summed E-state index contributed by atoms with van der Waals surface area (Å²) in [7, 11) is 3.68. The van der Waals surface area contributed by atoms with Crippen molar-refractivity contribution in [3.63, 3.8) is 0 Å². The molecule has 0 saturated heterocycles. The third-order valence-electron chi connectivity index (χ3n) is 3.33. The Hall–Kier alpha value is -0.930. The van der Waals surface area contributed by atoms with Crippen molar-refractivity contribution in [2.75, 3.05) is 25.6 Å². The first-order valence-corrected chi connectivity index (χ1v) is 6.17. The van der Waals surface area contributed by atoms with Gasteiger partial charge in [0.2, 0.25) is 0 Å². The molecule has 1 aliphatic carbocycles. The molecule has 0 aliphatic heterocycles. The van der Waals surface area contributed by atoms with Crippen LogP contribution in [0.3, 0.4) is 0 Å². The normalized spacial score (nSPS) is 16.8. The van der Waals surface area contributed by atoms with E-state index >= 15 is 0 Å². The number of nitrogens with two attached hydrogens (primary N) is 1. The van der Waals surface area contributed by atoms with E-state index in [2.05, 4.69) is 18.9 Å². The Morgan fingerprint density at radius 3 is 2.65 bits per heavy atom. The zero-order chi connectivity index (χ0) is 12.6. The number of halogens is 1. The van der Waals surface area contributed by atoms with Gasteiger partial charge in [0.1, 0.15) is 5.75 Å². The first kappa shape index (κ1) is 12.5. The lowest BCUT2D eigenvalue weighted by Crippen LogP contribution is -2.37. The first-order chi connectivity index (χ1) is 7.95. The highest BCUT2D eigenvalue weighted by Gasteiger charge is 2.39. The van der Waals surface area contributed by atoms with Crippen molar-refractivity contribution in [1.29, 1.82) is 0 Å². The van der Waals surface area contributed by atoms with Gasteiger partial charge in [-0.2, -0.15) is 0 Å². The average molecular weight is 255 g/mol. The molecule has 17 heavy (non-hydrogen) atoms. The summed E-state index contributed by atoms with van der Waals surface area (Å²) >= 11 is 6.15. The Morgan fingerprint density at radius 2 is 2.12 bits per heavy atom. The Bertz CT molecular complexity index is 430. The zero-order valence-corrected chi connectivity index (χ0v) is 11.3. The molecule has 1 aromatic rings. The average Bonchev–Trinajstić information content (AvgIpc) is 2.98. The van der Waals surface area contributed by atoms with E-state index in [0.29, 0.717) is 5.02 Å². The van der Waals surface area contributed by atoms with E-state index in [1.54, 1.807) is 7.11 Å². The van der Waals surface area contributed by atoms with Gasteiger partial charge >= 0.3 is 0 Å². The highest BCUT2D eigenvalue weighted by molar-refractivity contribution is 6.32. The second-order valence-electron chi connectivity index (χ2n) is 4.99. The van der Waals surface area contributed by atoms with Crippen LogP contribution in [0.2, 0.25) is 5.02 Å². The molecule has 1 aromatic carbocycles. The maximum atomic E-state index is 6.15. The highest BCUT2D eigenvalue weighted by Crippen LogP contribution is 2.36. The summed E-state index contributed by atoms with van der Waals surface area (Å²) < 4.78 is 5.20. The summed E-state index contributed by atoms with van der Waals surface area (Å²) in [6.07, 6.45) is 2.22. The molecule has 2 N–H and O–H groups in total. The van der Waals surface area contributed by atoms with E-state index in [0.717, 1.165) is 36.4 Å². The van der Waals surface area contributed by atoms with Gasteiger partial charge in [0.15, 0.2) is 0 Å². The van der Waals surface area contributed by atoms with Crippen molar-refractivity contribution in [2.24, 2.45) is 5.73 Å². The second kappa shape index (κ2) is 4.39. The van der Waals surface area contributed by atoms with Gasteiger partial charge in [-0.1, -0.05) is 11.6 Å². The Kier molecular flexibility index (Phi) is 3.23. The van der Waals surface area contributed by atoms with E-state index in [1.807, 2.05) is 12.1 Å². The molecule has 0 spiro atoms. The van der Waals surface area contributed by atoms with Gasteiger partial charge in [0.05, 0.1) is 12.1 Å². The number of methoxy groups -OCH3 is 1. The molecule has 0 atom stereocenters. The molecule has 1 saturated carbocycles. The van der Waals surface area contributed by atoms with Crippen LogP contribution in [0.15, 0.2) is 12.1 Å². The molecule has 0 bridgehead atoms. The second-order valence-corrected chi connectivity index (χ2v) is 5.40. The summed E-state index contributed by atoms with van der Waals surface area (Å²) in [4.78, 5) is 2.17. The van der Waals surface area contributed by atoms with Crippen LogP contribution in [0.25, 0.3) is 0 Å². The minimum Gasteiger partial charge on any atom is -0.495 e. The molecule has 94 valence electrons. The lowest BCUT2D eigenvalue weighted by atomic mass is 10.1. The highest BCUT2D eigenvalue weighted by atomic mass is 35.5. The van der Waals surface area contributed by atoms with Gasteiger partial charge in [0, 0.05) is 24.8 Å². The number of hydrogen-bond acceptors (Lipinski definition) is 3. The molecule has 3 nitrogen and oxygen atoms in total. The van der Waals surface area contributed by atoms with E-state index in [9.17, 15) is 0 Å². The van der Waals surface area contributed by atoms with Crippen molar-refractivity contribution in [3.05, 3.63) is 22.7 Å². The lowest BCUT2D eigenvalue weighted by molar-refractivity contribution is 0.414. The van der Waals surface area contributed by atoms with Gasteiger partial charge in [0.25, 0.3) is 0 Å². The molecule has 1 aliphatic rings. The molecule has 2 rings (SSSR count). The number of nitrogens with zero attached hydrogens (tertiary/aromatic N) is 1. The van der Waals surface area contributed by atoms with Crippen LogP contribution in [0.4, 0.5) is 5.69 Å². The standard InChI is InChI=1S/C13H19ClN2O/c1-9-6-12(17-3)10(14)7-11(9)16(2)8-13(15)4-5-13/h6-7H,4-5,8,15H2,1-3H3. The molecule has 0 amide bonds. The van der Waals surface area contributed by atoms with E-state index in [4.69, 9.17) is 22.1 Å². The number of ether oxygens (including phenoxy) is 1. The van der Waals surface area contributed by atoms with Gasteiger partial charge in [-0.3, -0.25) is 0 Å². The van der Waals surface area contributed by atoms with Crippen molar-refractivity contribution in [3.8, 4) is 5.75 Å². The quantitative estimate of drug-likeness (QED) is 0.898. The fourth-order valence-electron chi connectivity index (χ4n) is 2.09. The minimum absolute atomic E-state index is 0.00753. The van der Waals surface area contributed by atoms with Crippen molar-refractivity contribution >= 4 is 17.3 Å². The van der Waals surface area contributed by atoms with E-state index < -0.39 is 0 Å². The Morgan fingerprint density at radius 1 is 1.47 bits per heavy atom. The zero-order valence-electron chi connectivity index (χ0n) is 10.6. The van der Waals surface area contributed by atoms with Crippen LogP contribution in [-0.2, 0) is 0 Å². The van der Waals surface area contributed by atoms with Crippen LogP contribution >= 0.6 is 11.6 Å². The van der Waals surface area contributed by atoms with E-state index in [1.165, 1.54) is 0 Å². The van der Waals surface area contributed by atoms with Gasteiger partial charge in [-0.25, -0.2) is 0 Å². The van der Waals surface area contributed by atoms with Gasteiger partial charge in [-0.15, -0.1) is 0 Å². The van der Waals surface area contributed by atoms with E-state index in [-0.39, 0.29) is 5.54 Å². The van der Waals surface area contributed by atoms with Crippen molar-refractivity contribution in [1.82, 2.24) is 0 Å². The molecule has 4 heteroatoms. The molecule has 0 heterocycles. The lowest BCUT2D eigenvalue weighted by Gasteiger charge is -2.25. The summed E-state index contributed by atoms with van der Waals surface area (Å²) in [5, 5.41) is 0.641. The largest absolute Gasteiger partial charge is 0.495 e. The topological polar surface area (TPSA) is 38.5 Å². The molecular weight excluding hydrogens is 236 g/mol. The number of hydrogen-bond donors (Lipinski definition) is 1.